The highest BCUT2D eigenvalue weighted by Gasteiger charge is 2.27. The summed E-state index contributed by atoms with van der Waals surface area (Å²) >= 11 is 1.10. The predicted molar refractivity (Wildman–Crippen MR) is 108 cm³/mol. The van der Waals surface area contributed by atoms with Gasteiger partial charge in [0.25, 0.3) is 0 Å². The maximum Gasteiger partial charge on any atom is 0.323 e. The van der Waals surface area contributed by atoms with Gasteiger partial charge in [-0.1, -0.05) is 60.3 Å². The van der Waals surface area contributed by atoms with E-state index in [0.29, 0.717) is 24.3 Å². The Balaban J connectivity index is 2.19. The van der Waals surface area contributed by atoms with E-state index in [0.717, 1.165) is 17.3 Å². The fourth-order valence-electron chi connectivity index (χ4n) is 2.74. The zero-order chi connectivity index (χ0) is 19.6. The fourth-order valence-corrected chi connectivity index (χ4v) is 3.49. The highest BCUT2D eigenvalue weighted by atomic mass is 32.2. The van der Waals surface area contributed by atoms with Gasteiger partial charge in [-0.15, -0.1) is 0 Å². The van der Waals surface area contributed by atoms with Crippen molar-refractivity contribution in [3.63, 3.8) is 0 Å². The number of aliphatic carboxylic acids is 1. The Morgan fingerprint density at radius 3 is 2.15 bits per heavy atom. The highest BCUT2D eigenvalue weighted by molar-refractivity contribution is 8.13. The molecule has 0 aliphatic rings. The molecule has 0 saturated carbocycles. The number of anilines is 1. The van der Waals surface area contributed by atoms with Crippen molar-refractivity contribution in [2.24, 2.45) is 5.92 Å². The topological polar surface area (TPSA) is 74.7 Å². The minimum Gasteiger partial charge on any atom is -0.480 e. The van der Waals surface area contributed by atoms with Crippen LogP contribution in [-0.2, 0) is 20.8 Å². The van der Waals surface area contributed by atoms with E-state index >= 15 is 0 Å². The number of carboxylic acids is 1. The molecule has 0 saturated heterocycles. The summed E-state index contributed by atoms with van der Waals surface area (Å²) in [6.07, 6.45) is 1.23. The third-order valence-corrected chi connectivity index (χ3v) is 5.06. The van der Waals surface area contributed by atoms with E-state index in [2.05, 4.69) is 0 Å². The Morgan fingerprint density at radius 2 is 1.59 bits per heavy atom. The summed E-state index contributed by atoms with van der Waals surface area (Å²) in [6.45, 7) is 1.06. The van der Waals surface area contributed by atoms with E-state index in [1.807, 2.05) is 36.4 Å². The normalized spacial score (nSPS) is 11.6. The van der Waals surface area contributed by atoms with Crippen LogP contribution in [0.2, 0.25) is 0 Å². The van der Waals surface area contributed by atoms with Crippen molar-refractivity contribution < 1.29 is 19.5 Å². The highest BCUT2D eigenvalue weighted by Crippen LogP contribution is 2.22. The molecule has 5 nitrogen and oxygen atoms in total. The van der Waals surface area contributed by atoms with Crippen LogP contribution in [0.25, 0.3) is 0 Å². The number of carbonyl (C=O) groups is 3. The number of carbonyl (C=O) groups excluding carboxylic acids is 2. The van der Waals surface area contributed by atoms with Crippen LogP contribution in [0.3, 0.4) is 0 Å². The Hall–Kier alpha value is -2.60. The molecule has 0 heterocycles. The zero-order valence-corrected chi connectivity index (χ0v) is 16.0. The molecule has 2 aromatic carbocycles. The second-order valence-electron chi connectivity index (χ2n) is 6.18. The lowest BCUT2D eigenvalue weighted by Crippen LogP contribution is -2.41. The summed E-state index contributed by atoms with van der Waals surface area (Å²) in [7, 11) is 0. The number of thioether (sulfide) groups is 1. The number of benzene rings is 2. The van der Waals surface area contributed by atoms with Gasteiger partial charge in [-0.2, -0.15) is 0 Å². The Morgan fingerprint density at radius 1 is 1.00 bits per heavy atom. The molecule has 0 aromatic heterocycles. The minimum atomic E-state index is -1.08. The minimum absolute atomic E-state index is 0.0583. The lowest BCUT2D eigenvalue weighted by Gasteiger charge is -2.26. The number of carboxylic acid groups (broad SMARTS) is 1. The van der Waals surface area contributed by atoms with Crippen LogP contribution in [-0.4, -0.2) is 34.4 Å². The van der Waals surface area contributed by atoms with E-state index < -0.39 is 18.4 Å². The fraction of sp³-hybridized carbons (Fsp3) is 0.286. The number of hydrogen-bond donors (Lipinski definition) is 1. The van der Waals surface area contributed by atoms with E-state index in [4.69, 9.17) is 0 Å². The van der Waals surface area contributed by atoms with E-state index in [9.17, 15) is 19.5 Å². The summed E-state index contributed by atoms with van der Waals surface area (Å²) < 4.78 is 0. The smallest absolute Gasteiger partial charge is 0.323 e. The van der Waals surface area contributed by atoms with Crippen LogP contribution in [0.15, 0.2) is 60.7 Å². The Kier molecular flexibility index (Phi) is 8.07. The monoisotopic (exact) mass is 385 g/mol. The molecule has 2 aromatic rings. The van der Waals surface area contributed by atoms with Gasteiger partial charge < -0.3 is 10.0 Å². The molecule has 27 heavy (non-hydrogen) atoms. The van der Waals surface area contributed by atoms with Crippen LogP contribution >= 0.6 is 11.8 Å². The molecule has 0 fully saturated rings. The van der Waals surface area contributed by atoms with Gasteiger partial charge in [-0.25, -0.2) is 0 Å². The average Bonchev–Trinajstić information content (AvgIpc) is 2.67. The first-order chi connectivity index (χ1) is 13.0. The first-order valence-electron chi connectivity index (χ1n) is 8.73. The zero-order valence-electron chi connectivity index (χ0n) is 15.2. The average molecular weight is 385 g/mol. The van der Waals surface area contributed by atoms with Gasteiger partial charge in [-0.05, 0) is 30.5 Å². The second kappa shape index (κ2) is 10.5. The van der Waals surface area contributed by atoms with E-state index in [-0.39, 0.29) is 11.0 Å². The SMILES string of the molecule is CC(=O)SC[C@H](CCc1ccccc1)C(=O)N(CC(=O)O)c1ccccc1. The van der Waals surface area contributed by atoms with Gasteiger partial charge >= 0.3 is 5.97 Å². The van der Waals surface area contributed by atoms with Gasteiger partial charge in [0.15, 0.2) is 5.12 Å². The van der Waals surface area contributed by atoms with Crippen LogP contribution < -0.4 is 4.90 Å². The molecule has 0 aliphatic heterocycles. The van der Waals surface area contributed by atoms with E-state index in [1.54, 1.807) is 24.3 Å². The Labute approximate surface area is 163 Å². The second-order valence-corrected chi connectivity index (χ2v) is 7.37. The maximum atomic E-state index is 13.2. The van der Waals surface area contributed by atoms with Gasteiger partial charge in [0.2, 0.25) is 5.91 Å². The summed E-state index contributed by atoms with van der Waals surface area (Å²) in [4.78, 5) is 37.2. The number of rotatable bonds is 9. The summed E-state index contributed by atoms with van der Waals surface area (Å²) in [5.74, 6) is -1.45. The standard InChI is InChI=1S/C21H23NO4S/c1-16(23)27-15-18(13-12-17-8-4-2-5-9-17)21(26)22(14-20(24)25)19-10-6-3-7-11-19/h2-11,18H,12-15H2,1H3,(H,24,25)/t18-/m0/s1. The van der Waals surface area contributed by atoms with Gasteiger partial charge in [-0.3, -0.25) is 14.4 Å². The molecule has 0 spiro atoms. The van der Waals surface area contributed by atoms with Gasteiger partial charge in [0.05, 0.1) is 0 Å². The van der Waals surface area contributed by atoms with Gasteiger partial charge in [0.1, 0.15) is 6.54 Å². The van der Waals surface area contributed by atoms with Gasteiger partial charge in [0, 0.05) is 24.3 Å². The molecule has 142 valence electrons. The molecule has 1 N–H and O–H groups in total. The molecule has 0 aliphatic carbocycles. The summed E-state index contributed by atoms with van der Waals surface area (Å²) in [5.41, 5.74) is 1.65. The third-order valence-electron chi connectivity index (χ3n) is 4.09. The van der Waals surface area contributed by atoms with Crippen molar-refractivity contribution in [1.29, 1.82) is 0 Å². The number of para-hydroxylation sites is 1. The van der Waals surface area contributed by atoms with Crippen molar-refractivity contribution in [2.45, 2.75) is 19.8 Å². The van der Waals surface area contributed by atoms with Crippen molar-refractivity contribution in [3.05, 3.63) is 66.2 Å². The molecule has 2 rings (SSSR count). The number of amides is 1. The lowest BCUT2D eigenvalue weighted by atomic mass is 9.99. The van der Waals surface area contributed by atoms with Crippen LogP contribution in [0.1, 0.15) is 18.9 Å². The molecule has 0 bridgehead atoms. The van der Waals surface area contributed by atoms with Crippen LogP contribution in [0.4, 0.5) is 5.69 Å². The molecule has 0 radical (unpaired) electrons. The first kappa shape index (κ1) is 20.7. The largest absolute Gasteiger partial charge is 0.480 e. The van der Waals surface area contributed by atoms with Crippen molar-refractivity contribution >= 4 is 34.4 Å². The summed E-state index contributed by atoms with van der Waals surface area (Å²) in [5, 5.41) is 9.19. The molecule has 0 unspecified atom stereocenters. The van der Waals surface area contributed by atoms with Crippen molar-refractivity contribution in [3.8, 4) is 0 Å². The molecular formula is C21H23NO4S. The lowest BCUT2D eigenvalue weighted by molar-refractivity contribution is -0.137. The molecular weight excluding hydrogens is 362 g/mol. The van der Waals surface area contributed by atoms with Crippen LogP contribution in [0, 0.1) is 5.92 Å². The summed E-state index contributed by atoms with van der Waals surface area (Å²) in [6, 6.07) is 18.6. The van der Waals surface area contributed by atoms with Crippen molar-refractivity contribution in [2.75, 3.05) is 17.2 Å². The number of aryl methyl sites for hydroxylation is 1. The number of nitrogens with zero attached hydrogens (tertiary/aromatic N) is 1. The Bertz CT molecular complexity index is 764. The number of hydrogen-bond acceptors (Lipinski definition) is 4. The molecule has 1 amide bonds. The molecule has 1 atom stereocenters. The van der Waals surface area contributed by atoms with Crippen molar-refractivity contribution in [1.82, 2.24) is 0 Å². The predicted octanol–water partition coefficient (Wildman–Crippen LogP) is 3.63. The van der Waals surface area contributed by atoms with Crippen LogP contribution in [0.5, 0.6) is 0 Å². The molecule has 6 heteroatoms. The first-order valence-corrected chi connectivity index (χ1v) is 9.71. The van der Waals surface area contributed by atoms with E-state index in [1.165, 1.54) is 11.8 Å². The maximum absolute atomic E-state index is 13.2. The quantitative estimate of drug-likeness (QED) is 0.713. The third kappa shape index (κ3) is 6.90.